The highest BCUT2D eigenvalue weighted by Gasteiger charge is 2.21. The van der Waals surface area contributed by atoms with Crippen molar-refractivity contribution in [3.63, 3.8) is 0 Å². The molecule has 0 rings (SSSR count). The van der Waals surface area contributed by atoms with Crippen molar-refractivity contribution in [3.05, 3.63) is 0 Å². The Kier molecular flexibility index (Phi) is 10.5. The number of hydrogen-bond acceptors (Lipinski definition) is 4. The van der Waals surface area contributed by atoms with Gasteiger partial charge >= 0.3 is 0 Å². The van der Waals surface area contributed by atoms with Gasteiger partial charge in [0.1, 0.15) is 0 Å². The topological polar surface area (TPSA) is 44.7 Å². The van der Waals surface area contributed by atoms with Gasteiger partial charge in [-0.1, -0.05) is 20.8 Å². The molecule has 116 valence electrons. The van der Waals surface area contributed by atoms with Crippen molar-refractivity contribution in [3.8, 4) is 0 Å². The lowest BCUT2D eigenvalue weighted by atomic mass is 9.96. The average molecular weight is 274 g/mol. The summed E-state index contributed by atoms with van der Waals surface area (Å²) in [5.41, 5.74) is -0.139. The number of nitrogens with one attached hydrogen (secondary N) is 1. The summed E-state index contributed by atoms with van der Waals surface area (Å²) in [6, 6.07) is 0. The van der Waals surface area contributed by atoms with Gasteiger partial charge in [-0.2, -0.15) is 0 Å². The largest absolute Gasteiger partial charge is 0.394 e. The van der Waals surface area contributed by atoms with Gasteiger partial charge in [0.2, 0.25) is 0 Å². The van der Waals surface area contributed by atoms with Crippen LogP contribution in [-0.4, -0.2) is 62.0 Å². The van der Waals surface area contributed by atoms with Crippen LogP contribution >= 0.6 is 0 Å². The van der Waals surface area contributed by atoms with Crippen molar-refractivity contribution >= 4 is 0 Å². The summed E-state index contributed by atoms with van der Waals surface area (Å²) in [5, 5.41) is 12.8. The fraction of sp³-hybridized carbons (Fsp3) is 1.00. The van der Waals surface area contributed by atoms with Gasteiger partial charge in [0.05, 0.1) is 13.2 Å². The van der Waals surface area contributed by atoms with E-state index in [2.05, 4.69) is 37.9 Å². The number of aliphatic hydroxyl groups excluding tert-OH is 1. The van der Waals surface area contributed by atoms with Crippen LogP contribution in [0.15, 0.2) is 0 Å². The third-order valence-corrected chi connectivity index (χ3v) is 3.39. The van der Waals surface area contributed by atoms with Crippen LogP contribution in [0.4, 0.5) is 0 Å². The smallest absolute Gasteiger partial charge is 0.0610 e. The number of nitrogens with zero attached hydrogens (tertiary/aromatic N) is 1. The number of likely N-dealkylation sites (N-methyl/N-ethyl adjacent to an activating group) is 1. The second-order valence-corrected chi connectivity index (χ2v) is 6.04. The number of aliphatic hydroxyl groups is 1. The Bertz CT molecular complexity index is 212. The van der Waals surface area contributed by atoms with E-state index in [1.807, 2.05) is 0 Å². The van der Waals surface area contributed by atoms with Crippen molar-refractivity contribution in [2.75, 3.05) is 46.5 Å². The fourth-order valence-electron chi connectivity index (χ4n) is 2.37. The third kappa shape index (κ3) is 9.38. The van der Waals surface area contributed by atoms with Crippen molar-refractivity contribution in [1.29, 1.82) is 0 Å². The highest BCUT2D eigenvalue weighted by molar-refractivity contribution is 4.82. The Hall–Kier alpha value is -0.160. The minimum Gasteiger partial charge on any atom is -0.394 e. The summed E-state index contributed by atoms with van der Waals surface area (Å²) >= 11 is 0. The predicted molar refractivity (Wildman–Crippen MR) is 81.6 cm³/mol. The monoisotopic (exact) mass is 274 g/mol. The number of hydrogen-bond donors (Lipinski definition) is 2. The SMILES string of the molecule is CCNC(C)(CO)CCCN(CCOC)CC(C)C. The van der Waals surface area contributed by atoms with E-state index < -0.39 is 0 Å². The molecule has 0 aliphatic rings. The van der Waals surface area contributed by atoms with Gasteiger partial charge in [0, 0.05) is 25.7 Å². The lowest BCUT2D eigenvalue weighted by Crippen LogP contribution is -2.46. The molecule has 0 amide bonds. The highest BCUT2D eigenvalue weighted by atomic mass is 16.5. The molecule has 0 radical (unpaired) electrons. The van der Waals surface area contributed by atoms with Crippen LogP contribution < -0.4 is 5.32 Å². The minimum atomic E-state index is -0.139. The summed E-state index contributed by atoms with van der Waals surface area (Å²) in [5.74, 6) is 0.676. The molecule has 0 fully saturated rings. The Balaban J connectivity index is 4.07. The number of methoxy groups -OCH3 is 1. The molecule has 0 saturated carbocycles. The van der Waals surface area contributed by atoms with Crippen LogP contribution in [-0.2, 0) is 4.74 Å². The molecule has 0 saturated heterocycles. The second-order valence-electron chi connectivity index (χ2n) is 6.04. The zero-order valence-corrected chi connectivity index (χ0v) is 13.5. The first-order valence-electron chi connectivity index (χ1n) is 7.54. The Morgan fingerprint density at radius 1 is 1.32 bits per heavy atom. The van der Waals surface area contributed by atoms with Crippen LogP contribution in [0, 0.1) is 5.92 Å². The summed E-state index contributed by atoms with van der Waals surface area (Å²) in [4.78, 5) is 2.46. The third-order valence-electron chi connectivity index (χ3n) is 3.39. The van der Waals surface area contributed by atoms with E-state index in [4.69, 9.17) is 4.74 Å². The molecule has 0 aliphatic carbocycles. The zero-order chi connectivity index (χ0) is 14.7. The van der Waals surface area contributed by atoms with E-state index in [-0.39, 0.29) is 12.1 Å². The van der Waals surface area contributed by atoms with E-state index in [0.29, 0.717) is 5.92 Å². The molecule has 19 heavy (non-hydrogen) atoms. The maximum atomic E-state index is 9.47. The van der Waals surface area contributed by atoms with Gasteiger partial charge in [0.15, 0.2) is 0 Å². The van der Waals surface area contributed by atoms with Gasteiger partial charge in [-0.3, -0.25) is 0 Å². The minimum absolute atomic E-state index is 0.139. The van der Waals surface area contributed by atoms with Gasteiger partial charge in [-0.15, -0.1) is 0 Å². The normalized spacial score (nSPS) is 15.2. The average Bonchev–Trinajstić information content (AvgIpc) is 2.35. The van der Waals surface area contributed by atoms with E-state index >= 15 is 0 Å². The standard InChI is InChI=1S/C15H34N2O2/c1-6-16-15(4,13-18)8-7-9-17(10-11-19-5)12-14(2)3/h14,16,18H,6-13H2,1-5H3. The first kappa shape index (κ1) is 18.8. The van der Waals surface area contributed by atoms with E-state index in [1.165, 1.54) is 0 Å². The molecule has 4 heteroatoms. The Morgan fingerprint density at radius 2 is 2.00 bits per heavy atom. The van der Waals surface area contributed by atoms with Crippen LogP contribution in [0.5, 0.6) is 0 Å². The highest BCUT2D eigenvalue weighted by Crippen LogP contribution is 2.12. The van der Waals surface area contributed by atoms with Gasteiger partial charge in [-0.25, -0.2) is 0 Å². The van der Waals surface area contributed by atoms with Crippen molar-refractivity contribution < 1.29 is 9.84 Å². The Morgan fingerprint density at radius 3 is 2.47 bits per heavy atom. The molecule has 2 N–H and O–H groups in total. The number of ether oxygens (including phenoxy) is 1. The zero-order valence-electron chi connectivity index (χ0n) is 13.5. The molecule has 0 bridgehead atoms. The van der Waals surface area contributed by atoms with E-state index in [0.717, 1.165) is 45.6 Å². The molecule has 4 nitrogen and oxygen atoms in total. The first-order chi connectivity index (χ1) is 8.97. The molecular weight excluding hydrogens is 240 g/mol. The van der Waals surface area contributed by atoms with Crippen LogP contribution in [0.3, 0.4) is 0 Å². The van der Waals surface area contributed by atoms with Crippen molar-refractivity contribution in [1.82, 2.24) is 10.2 Å². The summed E-state index contributed by atoms with van der Waals surface area (Å²) < 4.78 is 5.17. The van der Waals surface area contributed by atoms with Crippen molar-refractivity contribution in [2.24, 2.45) is 5.92 Å². The van der Waals surface area contributed by atoms with Gasteiger partial charge in [0.25, 0.3) is 0 Å². The first-order valence-corrected chi connectivity index (χ1v) is 7.54. The molecule has 0 aromatic rings. The van der Waals surface area contributed by atoms with Crippen LogP contribution in [0.25, 0.3) is 0 Å². The van der Waals surface area contributed by atoms with Crippen LogP contribution in [0.1, 0.15) is 40.5 Å². The van der Waals surface area contributed by atoms with E-state index in [9.17, 15) is 5.11 Å². The molecule has 0 heterocycles. The number of rotatable bonds is 12. The maximum absolute atomic E-state index is 9.47. The quantitative estimate of drug-likeness (QED) is 0.569. The fourth-order valence-corrected chi connectivity index (χ4v) is 2.37. The summed E-state index contributed by atoms with van der Waals surface area (Å²) in [6.07, 6.45) is 2.10. The van der Waals surface area contributed by atoms with E-state index in [1.54, 1.807) is 7.11 Å². The molecular formula is C15H34N2O2. The lowest BCUT2D eigenvalue weighted by molar-refractivity contribution is 0.128. The molecule has 0 aliphatic heterocycles. The molecule has 1 atom stereocenters. The predicted octanol–water partition coefficient (Wildman–Crippen LogP) is 1.73. The van der Waals surface area contributed by atoms with Crippen molar-refractivity contribution in [2.45, 2.75) is 46.1 Å². The van der Waals surface area contributed by atoms with Gasteiger partial charge < -0.3 is 20.1 Å². The second kappa shape index (κ2) is 10.6. The molecule has 0 aromatic heterocycles. The summed E-state index contributed by atoms with van der Waals surface area (Å²) in [6.45, 7) is 13.7. The van der Waals surface area contributed by atoms with Crippen LogP contribution in [0.2, 0.25) is 0 Å². The molecule has 1 unspecified atom stereocenters. The van der Waals surface area contributed by atoms with Gasteiger partial charge in [-0.05, 0) is 38.8 Å². The molecule has 0 aromatic carbocycles. The lowest BCUT2D eigenvalue weighted by Gasteiger charge is -2.30. The maximum Gasteiger partial charge on any atom is 0.0610 e. The summed E-state index contributed by atoms with van der Waals surface area (Å²) in [7, 11) is 1.75. The molecule has 0 spiro atoms. The Labute approximate surface area is 119 Å².